The number of methoxy groups -OCH3 is 1. The largest absolute Gasteiger partial charge is 0.497 e. The smallest absolute Gasteiger partial charge is 0.123 e. The highest BCUT2D eigenvalue weighted by molar-refractivity contribution is 7.97. The topological polar surface area (TPSA) is 69.0 Å². The molecule has 2 aliphatic rings. The van der Waals surface area contributed by atoms with Crippen LogP contribution in [0.2, 0.25) is 0 Å². The second-order valence-corrected chi connectivity index (χ2v) is 9.72. The number of hydrogen-bond donors (Lipinski definition) is 2. The van der Waals surface area contributed by atoms with E-state index < -0.39 is 0 Å². The summed E-state index contributed by atoms with van der Waals surface area (Å²) >= 11 is 1.58. The minimum Gasteiger partial charge on any atom is -0.497 e. The number of nitrogens with zero attached hydrogens (tertiary/aromatic N) is 1. The Bertz CT molecular complexity index is 850. The lowest BCUT2D eigenvalue weighted by Gasteiger charge is -2.32. The SMILES string of the molecule is COc1ccc(SNCCOCCOCCN)cc1.Fc1ccc2c(c1)CC(N1CCCCC1)C2. The Morgan fingerprint density at radius 3 is 2.37 bits per heavy atom. The van der Waals surface area contributed by atoms with E-state index >= 15 is 0 Å². The summed E-state index contributed by atoms with van der Waals surface area (Å²) in [6, 6.07) is 13.8. The molecule has 3 N–H and O–H groups in total. The van der Waals surface area contributed by atoms with Gasteiger partial charge in [-0.3, -0.25) is 9.62 Å². The van der Waals surface area contributed by atoms with E-state index in [0.29, 0.717) is 39.0 Å². The molecule has 0 bridgehead atoms. The van der Waals surface area contributed by atoms with Crippen molar-refractivity contribution >= 4 is 11.9 Å². The fourth-order valence-corrected chi connectivity index (χ4v) is 5.03. The van der Waals surface area contributed by atoms with Crippen LogP contribution >= 0.6 is 11.9 Å². The third-order valence-electron chi connectivity index (χ3n) is 6.22. The van der Waals surface area contributed by atoms with Crippen LogP contribution in [0.3, 0.4) is 0 Å². The molecule has 1 atom stereocenters. The summed E-state index contributed by atoms with van der Waals surface area (Å²) in [5.74, 6) is 0.781. The number of likely N-dealkylation sites (tertiary alicyclic amines) is 1. The molecular weight excluding hydrogens is 465 g/mol. The van der Waals surface area contributed by atoms with E-state index in [1.54, 1.807) is 31.2 Å². The van der Waals surface area contributed by atoms with Crippen LogP contribution in [0.4, 0.5) is 4.39 Å². The van der Waals surface area contributed by atoms with Gasteiger partial charge in [0.25, 0.3) is 0 Å². The lowest BCUT2D eigenvalue weighted by molar-refractivity contribution is 0.0532. The van der Waals surface area contributed by atoms with Crippen LogP contribution < -0.4 is 15.2 Å². The zero-order chi connectivity index (χ0) is 24.7. The van der Waals surface area contributed by atoms with E-state index in [0.717, 1.165) is 30.0 Å². The number of benzene rings is 2. The maximum Gasteiger partial charge on any atom is 0.123 e. The Balaban J connectivity index is 0.000000197. The summed E-state index contributed by atoms with van der Waals surface area (Å²) in [7, 11) is 1.66. The van der Waals surface area contributed by atoms with E-state index in [2.05, 4.69) is 9.62 Å². The third-order valence-corrected chi connectivity index (χ3v) is 7.07. The van der Waals surface area contributed by atoms with Crippen LogP contribution in [0.5, 0.6) is 5.75 Å². The van der Waals surface area contributed by atoms with E-state index in [1.807, 2.05) is 30.3 Å². The standard InChI is InChI=1S/C14H18FN.C13H22N2O3S/c15-13-5-4-11-9-14(10-12(11)8-13)16-6-2-1-3-7-16;1-16-12-2-4-13(5-3-12)19-15-7-9-18-11-10-17-8-6-14/h4-5,8,14H,1-3,6-7,9-10H2;2-5,15H,6-11,14H2,1H3. The molecule has 1 saturated heterocycles. The number of halogens is 1. The number of rotatable bonds is 12. The molecule has 1 aliphatic heterocycles. The van der Waals surface area contributed by atoms with Gasteiger partial charge in [-0.2, -0.15) is 0 Å². The summed E-state index contributed by atoms with van der Waals surface area (Å²) in [6.07, 6.45) is 6.22. The van der Waals surface area contributed by atoms with Gasteiger partial charge in [-0.05, 0) is 98.2 Å². The number of piperidine rings is 1. The Kier molecular flexibility index (Phi) is 12.9. The van der Waals surface area contributed by atoms with Crippen molar-refractivity contribution in [3.63, 3.8) is 0 Å². The minimum absolute atomic E-state index is 0.0851. The van der Waals surface area contributed by atoms with Gasteiger partial charge < -0.3 is 19.9 Å². The van der Waals surface area contributed by atoms with Crippen LogP contribution in [-0.2, 0) is 22.3 Å². The van der Waals surface area contributed by atoms with E-state index in [4.69, 9.17) is 19.9 Å². The van der Waals surface area contributed by atoms with Crippen LogP contribution in [0.25, 0.3) is 0 Å². The summed E-state index contributed by atoms with van der Waals surface area (Å²) < 4.78 is 32.0. The number of hydrogen-bond acceptors (Lipinski definition) is 7. The molecule has 6 nitrogen and oxygen atoms in total. The summed E-state index contributed by atoms with van der Waals surface area (Å²) in [5, 5.41) is 0. The first-order valence-electron chi connectivity index (χ1n) is 12.6. The molecule has 8 heteroatoms. The molecule has 0 saturated carbocycles. The molecule has 2 aromatic carbocycles. The van der Waals surface area contributed by atoms with Crippen LogP contribution in [0, 0.1) is 5.82 Å². The van der Waals surface area contributed by atoms with Crippen molar-refractivity contribution in [1.29, 1.82) is 0 Å². The summed E-state index contributed by atoms with van der Waals surface area (Å²) in [5.41, 5.74) is 7.89. The third kappa shape index (κ3) is 10.1. The van der Waals surface area contributed by atoms with Gasteiger partial charge in [0.15, 0.2) is 0 Å². The normalized spacial score (nSPS) is 17.5. The van der Waals surface area contributed by atoms with Gasteiger partial charge in [0.1, 0.15) is 11.6 Å². The van der Waals surface area contributed by atoms with Gasteiger partial charge in [-0.25, -0.2) is 4.39 Å². The lowest BCUT2D eigenvalue weighted by Crippen LogP contribution is -2.39. The highest BCUT2D eigenvalue weighted by Gasteiger charge is 2.27. The number of nitrogens with two attached hydrogens (primary N) is 1. The molecule has 2 aromatic rings. The van der Waals surface area contributed by atoms with Gasteiger partial charge in [0.05, 0.1) is 33.5 Å². The van der Waals surface area contributed by atoms with E-state index in [-0.39, 0.29) is 5.82 Å². The van der Waals surface area contributed by atoms with Crippen molar-refractivity contribution in [2.24, 2.45) is 5.73 Å². The van der Waals surface area contributed by atoms with Gasteiger partial charge in [-0.1, -0.05) is 12.5 Å². The molecular formula is C27H40FN3O3S. The molecule has 1 fully saturated rings. The first kappa shape index (κ1) is 27.9. The summed E-state index contributed by atoms with van der Waals surface area (Å²) in [6.45, 7) is 6.28. The molecule has 0 aromatic heterocycles. The van der Waals surface area contributed by atoms with Crippen LogP contribution in [0.1, 0.15) is 30.4 Å². The Morgan fingerprint density at radius 1 is 0.943 bits per heavy atom. The van der Waals surface area contributed by atoms with E-state index in [1.165, 1.54) is 43.5 Å². The van der Waals surface area contributed by atoms with E-state index in [9.17, 15) is 4.39 Å². The monoisotopic (exact) mass is 505 g/mol. The molecule has 0 radical (unpaired) electrons. The Labute approximate surface area is 213 Å². The van der Waals surface area contributed by atoms with Gasteiger partial charge >= 0.3 is 0 Å². The minimum atomic E-state index is -0.0851. The molecule has 4 rings (SSSR count). The molecule has 0 spiro atoms. The molecule has 1 aliphatic carbocycles. The second-order valence-electron chi connectivity index (χ2n) is 8.76. The maximum atomic E-state index is 13.1. The maximum absolute atomic E-state index is 13.1. The van der Waals surface area contributed by atoms with Gasteiger partial charge in [-0.15, -0.1) is 0 Å². The lowest BCUT2D eigenvalue weighted by atomic mass is 10.1. The molecule has 1 heterocycles. The zero-order valence-electron chi connectivity index (χ0n) is 20.8. The average Bonchev–Trinajstić information content (AvgIpc) is 3.32. The molecule has 0 amide bonds. The number of fused-ring (bicyclic) bond motifs is 1. The van der Waals surface area contributed by atoms with Crippen molar-refractivity contribution in [1.82, 2.24) is 9.62 Å². The van der Waals surface area contributed by atoms with Crippen molar-refractivity contribution in [2.45, 2.75) is 43.0 Å². The average molecular weight is 506 g/mol. The molecule has 1 unspecified atom stereocenters. The predicted molar refractivity (Wildman–Crippen MR) is 141 cm³/mol. The fourth-order valence-electron chi connectivity index (χ4n) is 4.40. The molecule has 35 heavy (non-hydrogen) atoms. The molecule has 194 valence electrons. The summed E-state index contributed by atoms with van der Waals surface area (Å²) in [4.78, 5) is 3.74. The highest BCUT2D eigenvalue weighted by Crippen LogP contribution is 2.28. The Hall–Kier alpha value is -1.68. The van der Waals surface area contributed by atoms with Gasteiger partial charge in [0.2, 0.25) is 0 Å². The van der Waals surface area contributed by atoms with Crippen LogP contribution in [0.15, 0.2) is 47.4 Å². The van der Waals surface area contributed by atoms with Crippen molar-refractivity contribution in [3.05, 3.63) is 59.4 Å². The first-order chi connectivity index (χ1) is 17.2. The fraction of sp³-hybridized carbons (Fsp3) is 0.556. The zero-order valence-corrected chi connectivity index (χ0v) is 21.7. The van der Waals surface area contributed by atoms with Crippen molar-refractivity contribution in [2.75, 3.05) is 59.7 Å². The first-order valence-corrected chi connectivity index (χ1v) is 13.4. The highest BCUT2D eigenvalue weighted by atomic mass is 32.2. The second kappa shape index (κ2) is 16.1. The van der Waals surface area contributed by atoms with Crippen molar-refractivity contribution < 1.29 is 18.6 Å². The number of nitrogens with one attached hydrogen (secondary N) is 1. The quantitative estimate of drug-likeness (QED) is 0.333. The van der Waals surface area contributed by atoms with Crippen molar-refractivity contribution in [3.8, 4) is 5.75 Å². The predicted octanol–water partition coefficient (Wildman–Crippen LogP) is 4.06. The number of ether oxygens (including phenoxy) is 3. The van der Waals surface area contributed by atoms with Gasteiger partial charge in [0, 0.05) is 24.0 Å². The van der Waals surface area contributed by atoms with Crippen LogP contribution in [-0.4, -0.2) is 70.7 Å². The Morgan fingerprint density at radius 2 is 1.66 bits per heavy atom.